The summed E-state index contributed by atoms with van der Waals surface area (Å²) in [5.74, 6) is -0.630. The molecule has 1 aromatic heterocycles. The molecule has 1 aromatic rings. The third-order valence-corrected chi connectivity index (χ3v) is 2.11. The molecule has 0 aliphatic rings. The van der Waals surface area contributed by atoms with E-state index < -0.39 is 17.0 Å². The second kappa shape index (κ2) is 3.42. The second-order valence-corrected chi connectivity index (χ2v) is 3.78. The van der Waals surface area contributed by atoms with E-state index in [0.717, 1.165) is 4.68 Å². The number of nitrogens with zero attached hydrogens (tertiary/aromatic N) is 2. The molecule has 0 saturated heterocycles. The predicted octanol–water partition coefficient (Wildman–Crippen LogP) is 0.117. The highest BCUT2D eigenvalue weighted by atomic mass is 35.5. The summed E-state index contributed by atoms with van der Waals surface area (Å²) >= 11 is 5.55. The molecule has 0 radical (unpaired) electrons. The topological polar surface area (TPSA) is 78.0 Å². The van der Waals surface area contributed by atoms with Crippen molar-refractivity contribution in [3.8, 4) is 0 Å². The zero-order chi connectivity index (χ0) is 10.9. The summed E-state index contributed by atoms with van der Waals surface area (Å²) in [5.41, 5.74) is 3.53. The number of amides is 1. The molecule has 5 nitrogen and oxygen atoms in total. The monoisotopic (exact) mass is 215 g/mol. The van der Waals surface area contributed by atoms with Gasteiger partial charge in [0, 0.05) is 6.07 Å². The lowest BCUT2D eigenvalue weighted by atomic mass is 10.1. The van der Waals surface area contributed by atoms with Crippen molar-refractivity contribution in [3.63, 3.8) is 0 Å². The molecule has 0 fully saturated rings. The van der Waals surface area contributed by atoms with Gasteiger partial charge in [-0.25, -0.2) is 4.68 Å². The van der Waals surface area contributed by atoms with Gasteiger partial charge >= 0.3 is 0 Å². The molecule has 1 amide bonds. The molecular formula is C8H10ClN3O2. The van der Waals surface area contributed by atoms with Crippen LogP contribution in [0.15, 0.2) is 17.1 Å². The van der Waals surface area contributed by atoms with Crippen molar-refractivity contribution in [2.24, 2.45) is 5.73 Å². The zero-order valence-electron chi connectivity index (χ0n) is 7.82. The van der Waals surface area contributed by atoms with Gasteiger partial charge in [-0.2, -0.15) is 5.10 Å². The smallest absolute Gasteiger partial charge is 0.269 e. The van der Waals surface area contributed by atoms with E-state index in [2.05, 4.69) is 5.10 Å². The zero-order valence-corrected chi connectivity index (χ0v) is 8.58. The van der Waals surface area contributed by atoms with Crippen molar-refractivity contribution >= 4 is 17.5 Å². The summed E-state index contributed by atoms with van der Waals surface area (Å²) in [6.07, 6.45) is 1.29. The standard InChI is InChI=1S/C8H10ClN3O2/c1-8(2,7(10)14)12-6(13)3-5(9)4-11-12/h3-4H,1-2H3,(H2,10,14). The van der Waals surface area contributed by atoms with Gasteiger partial charge in [-0.1, -0.05) is 11.6 Å². The van der Waals surface area contributed by atoms with Crippen molar-refractivity contribution in [3.05, 3.63) is 27.6 Å². The molecular weight excluding hydrogens is 206 g/mol. The maximum atomic E-state index is 11.4. The number of carbonyl (C=O) groups excluding carboxylic acids is 1. The Balaban J connectivity index is 3.34. The number of halogens is 1. The normalized spacial score (nSPS) is 11.4. The third kappa shape index (κ3) is 1.77. The van der Waals surface area contributed by atoms with Crippen LogP contribution in [0.25, 0.3) is 0 Å². The largest absolute Gasteiger partial charge is 0.368 e. The predicted molar refractivity (Wildman–Crippen MR) is 52.0 cm³/mol. The van der Waals surface area contributed by atoms with Gasteiger partial charge < -0.3 is 5.73 Å². The quantitative estimate of drug-likeness (QED) is 0.761. The Hall–Kier alpha value is -1.36. The lowest BCUT2D eigenvalue weighted by molar-refractivity contribution is -0.125. The van der Waals surface area contributed by atoms with E-state index in [4.69, 9.17) is 17.3 Å². The second-order valence-electron chi connectivity index (χ2n) is 3.35. The van der Waals surface area contributed by atoms with Crippen molar-refractivity contribution in [2.75, 3.05) is 0 Å². The first kappa shape index (κ1) is 10.7. The maximum absolute atomic E-state index is 11.4. The lowest BCUT2D eigenvalue weighted by Crippen LogP contribution is -2.47. The Morgan fingerprint density at radius 2 is 2.21 bits per heavy atom. The van der Waals surface area contributed by atoms with Gasteiger partial charge in [0.05, 0.1) is 11.2 Å². The van der Waals surface area contributed by atoms with Crippen molar-refractivity contribution in [1.29, 1.82) is 0 Å². The van der Waals surface area contributed by atoms with E-state index in [0.29, 0.717) is 0 Å². The summed E-state index contributed by atoms with van der Waals surface area (Å²) < 4.78 is 1.00. The Morgan fingerprint density at radius 1 is 1.64 bits per heavy atom. The van der Waals surface area contributed by atoms with Crippen LogP contribution >= 0.6 is 11.6 Å². The van der Waals surface area contributed by atoms with Gasteiger partial charge in [-0.05, 0) is 13.8 Å². The van der Waals surface area contributed by atoms with Crippen LogP contribution < -0.4 is 11.3 Å². The van der Waals surface area contributed by atoms with Gasteiger partial charge in [0.15, 0.2) is 0 Å². The number of carbonyl (C=O) groups is 1. The summed E-state index contributed by atoms with van der Waals surface area (Å²) in [5, 5.41) is 3.97. The van der Waals surface area contributed by atoms with Crippen LogP contribution in [0.3, 0.4) is 0 Å². The molecule has 6 heteroatoms. The summed E-state index contributed by atoms with van der Waals surface area (Å²) in [6.45, 7) is 3.02. The SMILES string of the molecule is CC(C)(C(N)=O)n1ncc(Cl)cc1=O. The van der Waals surface area contributed by atoms with E-state index in [1.165, 1.54) is 26.1 Å². The van der Waals surface area contributed by atoms with Gasteiger partial charge in [-0.15, -0.1) is 0 Å². The molecule has 0 aliphatic carbocycles. The molecule has 0 spiro atoms. The molecule has 1 heterocycles. The van der Waals surface area contributed by atoms with Gasteiger partial charge in [-0.3, -0.25) is 9.59 Å². The first-order valence-electron chi connectivity index (χ1n) is 3.91. The van der Waals surface area contributed by atoms with Crippen LogP contribution in [0.5, 0.6) is 0 Å². The minimum absolute atomic E-state index is 0.228. The maximum Gasteiger partial charge on any atom is 0.269 e. The Labute approximate surface area is 85.5 Å². The van der Waals surface area contributed by atoms with Crippen LogP contribution in [-0.4, -0.2) is 15.7 Å². The first-order chi connectivity index (χ1) is 6.35. The molecule has 0 unspecified atom stereocenters. The average molecular weight is 216 g/mol. The fourth-order valence-corrected chi connectivity index (χ4v) is 1.05. The number of aromatic nitrogens is 2. The molecule has 0 aliphatic heterocycles. The summed E-state index contributed by atoms with van der Waals surface area (Å²) in [7, 11) is 0. The van der Waals surface area contributed by atoms with Crippen LogP contribution in [0.4, 0.5) is 0 Å². The highest BCUT2D eigenvalue weighted by Gasteiger charge is 2.29. The lowest BCUT2D eigenvalue weighted by Gasteiger charge is -2.21. The molecule has 0 bridgehead atoms. The minimum atomic E-state index is -1.15. The Kier molecular flexibility index (Phi) is 2.62. The molecule has 2 N–H and O–H groups in total. The van der Waals surface area contributed by atoms with E-state index in [9.17, 15) is 9.59 Å². The number of hydrogen-bond acceptors (Lipinski definition) is 3. The Bertz CT molecular complexity index is 425. The van der Waals surface area contributed by atoms with E-state index in [-0.39, 0.29) is 5.02 Å². The average Bonchev–Trinajstić information content (AvgIpc) is 2.02. The number of rotatable bonds is 2. The highest BCUT2D eigenvalue weighted by Crippen LogP contribution is 2.10. The number of hydrogen-bond donors (Lipinski definition) is 1. The molecule has 0 saturated carbocycles. The van der Waals surface area contributed by atoms with Crippen LogP contribution in [-0.2, 0) is 10.3 Å². The fourth-order valence-electron chi connectivity index (χ4n) is 0.910. The van der Waals surface area contributed by atoms with Crippen LogP contribution in [0.1, 0.15) is 13.8 Å². The van der Waals surface area contributed by atoms with Crippen molar-refractivity contribution in [2.45, 2.75) is 19.4 Å². The summed E-state index contributed by atoms with van der Waals surface area (Å²) in [4.78, 5) is 22.4. The van der Waals surface area contributed by atoms with Gasteiger partial charge in [0.2, 0.25) is 5.91 Å². The molecule has 14 heavy (non-hydrogen) atoms. The molecule has 0 atom stereocenters. The fraction of sp³-hybridized carbons (Fsp3) is 0.375. The van der Waals surface area contributed by atoms with Crippen molar-refractivity contribution < 1.29 is 4.79 Å². The highest BCUT2D eigenvalue weighted by molar-refractivity contribution is 6.30. The van der Waals surface area contributed by atoms with Gasteiger partial charge in [0.25, 0.3) is 5.56 Å². The summed E-state index contributed by atoms with van der Waals surface area (Å²) in [6, 6.07) is 1.18. The number of primary amides is 1. The third-order valence-electron chi connectivity index (χ3n) is 1.90. The first-order valence-corrected chi connectivity index (χ1v) is 4.29. The van der Waals surface area contributed by atoms with Crippen molar-refractivity contribution in [1.82, 2.24) is 9.78 Å². The van der Waals surface area contributed by atoms with E-state index in [1.54, 1.807) is 0 Å². The number of nitrogens with two attached hydrogens (primary N) is 1. The minimum Gasteiger partial charge on any atom is -0.368 e. The Morgan fingerprint density at radius 3 is 2.64 bits per heavy atom. The van der Waals surface area contributed by atoms with Gasteiger partial charge in [0.1, 0.15) is 5.54 Å². The van der Waals surface area contributed by atoms with E-state index in [1.807, 2.05) is 0 Å². The molecule has 76 valence electrons. The van der Waals surface area contributed by atoms with Crippen LogP contribution in [0.2, 0.25) is 5.02 Å². The molecule has 0 aromatic carbocycles. The van der Waals surface area contributed by atoms with Crippen LogP contribution in [0, 0.1) is 0 Å². The molecule has 1 rings (SSSR count). The van der Waals surface area contributed by atoms with E-state index >= 15 is 0 Å².